The molecule has 2 aromatic heterocycles. The molecular formula is C22H21ClFN7. The third kappa shape index (κ3) is 3.84. The number of halogens is 2. The highest BCUT2D eigenvalue weighted by molar-refractivity contribution is 6.31. The highest BCUT2D eigenvalue weighted by Crippen LogP contribution is 2.30. The number of rotatable bonds is 5. The molecular weight excluding hydrogens is 417 g/mol. The summed E-state index contributed by atoms with van der Waals surface area (Å²) in [6.07, 6.45) is 3.48. The summed E-state index contributed by atoms with van der Waals surface area (Å²) in [5, 5.41) is 12.8. The van der Waals surface area contributed by atoms with Crippen molar-refractivity contribution in [3.05, 3.63) is 59.8 Å². The molecule has 1 saturated heterocycles. The molecule has 9 heteroatoms. The summed E-state index contributed by atoms with van der Waals surface area (Å²) in [4.78, 5) is 11.1. The standard InChI is InChI=1S/C22H21ClFN7/c1-13(2)30-9-16(10-30)31-11-21(28-29-31)14-3-6-20-17(7-14)22(26-12-25-20)27-15-4-5-19(24)18(23)8-15/h3-8,11-13,16H,9-10H2,1-2H3,(H,25,26,27). The molecule has 0 radical (unpaired) electrons. The first-order valence-corrected chi connectivity index (χ1v) is 10.5. The van der Waals surface area contributed by atoms with Crippen LogP contribution in [0.2, 0.25) is 5.02 Å². The smallest absolute Gasteiger partial charge is 0.141 e. The van der Waals surface area contributed by atoms with Gasteiger partial charge in [0.2, 0.25) is 0 Å². The Hall–Kier alpha value is -3.10. The number of aromatic nitrogens is 5. The normalized spacial score (nSPS) is 14.9. The molecule has 0 spiro atoms. The van der Waals surface area contributed by atoms with Gasteiger partial charge in [0.05, 0.1) is 22.8 Å². The quantitative estimate of drug-likeness (QED) is 0.488. The monoisotopic (exact) mass is 437 g/mol. The van der Waals surface area contributed by atoms with Gasteiger partial charge in [-0.05, 0) is 44.2 Å². The average molecular weight is 438 g/mol. The molecule has 0 atom stereocenters. The van der Waals surface area contributed by atoms with E-state index >= 15 is 0 Å². The summed E-state index contributed by atoms with van der Waals surface area (Å²) in [6, 6.07) is 11.2. The van der Waals surface area contributed by atoms with Gasteiger partial charge in [-0.15, -0.1) is 5.10 Å². The maximum atomic E-state index is 13.5. The van der Waals surface area contributed by atoms with Crippen molar-refractivity contribution in [3.8, 4) is 11.3 Å². The predicted octanol–water partition coefficient (Wildman–Crippen LogP) is 4.69. The molecule has 158 valence electrons. The van der Waals surface area contributed by atoms with Gasteiger partial charge >= 0.3 is 0 Å². The van der Waals surface area contributed by atoms with Crippen LogP contribution in [0.1, 0.15) is 19.9 Å². The molecule has 2 aromatic carbocycles. The Morgan fingerprint density at radius 1 is 1.13 bits per heavy atom. The summed E-state index contributed by atoms with van der Waals surface area (Å²) in [5.74, 6) is 0.140. The van der Waals surface area contributed by atoms with E-state index < -0.39 is 5.82 Å². The van der Waals surface area contributed by atoms with Gasteiger partial charge in [-0.1, -0.05) is 22.9 Å². The summed E-state index contributed by atoms with van der Waals surface area (Å²) < 4.78 is 15.4. The van der Waals surface area contributed by atoms with E-state index in [4.69, 9.17) is 11.6 Å². The van der Waals surface area contributed by atoms with E-state index in [0.29, 0.717) is 23.6 Å². The van der Waals surface area contributed by atoms with Crippen LogP contribution in [0.25, 0.3) is 22.2 Å². The van der Waals surface area contributed by atoms with Crippen LogP contribution >= 0.6 is 11.6 Å². The number of anilines is 2. The Balaban J connectivity index is 1.43. The van der Waals surface area contributed by atoms with Gasteiger partial charge in [0, 0.05) is 35.8 Å². The number of likely N-dealkylation sites (tertiary alicyclic amines) is 1. The number of benzene rings is 2. The Labute approximate surface area is 183 Å². The molecule has 1 aliphatic rings. The molecule has 0 amide bonds. The van der Waals surface area contributed by atoms with E-state index in [9.17, 15) is 4.39 Å². The molecule has 1 aliphatic heterocycles. The van der Waals surface area contributed by atoms with Crippen molar-refractivity contribution >= 4 is 34.0 Å². The fourth-order valence-electron chi connectivity index (χ4n) is 3.69. The minimum absolute atomic E-state index is 0.0488. The van der Waals surface area contributed by atoms with Crippen LogP contribution < -0.4 is 5.32 Å². The zero-order valence-corrected chi connectivity index (χ0v) is 17.9. The van der Waals surface area contributed by atoms with Gasteiger partial charge in [-0.2, -0.15) is 0 Å². The van der Waals surface area contributed by atoms with Gasteiger partial charge in [-0.3, -0.25) is 4.90 Å². The van der Waals surface area contributed by atoms with Crippen LogP contribution in [-0.2, 0) is 0 Å². The van der Waals surface area contributed by atoms with Gasteiger partial charge in [-0.25, -0.2) is 19.0 Å². The summed E-state index contributed by atoms with van der Waals surface area (Å²) in [7, 11) is 0. The zero-order chi connectivity index (χ0) is 21.5. The average Bonchev–Trinajstić information content (AvgIpc) is 3.19. The first-order chi connectivity index (χ1) is 15.0. The maximum absolute atomic E-state index is 13.5. The number of nitrogens with one attached hydrogen (secondary N) is 1. The molecule has 3 heterocycles. The molecule has 7 nitrogen and oxygen atoms in total. The number of hydrogen-bond donors (Lipinski definition) is 1. The molecule has 31 heavy (non-hydrogen) atoms. The number of fused-ring (bicyclic) bond motifs is 1. The second-order valence-electron chi connectivity index (χ2n) is 7.99. The number of hydrogen-bond acceptors (Lipinski definition) is 6. The molecule has 0 bridgehead atoms. The minimum Gasteiger partial charge on any atom is -0.340 e. The van der Waals surface area contributed by atoms with Crippen molar-refractivity contribution in [3.63, 3.8) is 0 Å². The first kappa shape index (κ1) is 19.8. The third-order valence-corrected chi connectivity index (χ3v) is 5.91. The SMILES string of the molecule is CC(C)N1CC(n2cc(-c3ccc4ncnc(Nc5ccc(F)c(Cl)c5)c4c3)nn2)C1. The molecule has 5 rings (SSSR count). The van der Waals surface area contributed by atoms with E-state index in [1.807, 2.05) is 29.1 Å². The molecule has 0 saturated carbocycles. The van der Waals surface area contributed by atoms with Gasteiger partial charge in [0.1, 0.15) is 23.7 Å². The third-order valence-electron chi connectivity index (χ3n) is 5.62. The summed E-state index contributed by atoms with van der Waals surface area (Å²) >= 11 is 5.91. The highest BCUT2D eigenvalue weighted by Gasteiger charge is 2.30. The van der Waals surface area contributed by atoms with Crippen LogP contribution in [0, 0.1) is 5.82 Å². The van der Waals surface area contributed by atoms with Crippen molar-refractivity contribution in [2.45, 2.75) is 25.9 Å². The molecule has 1 fully saturated rings. The summed E-state index contributed by atoms with van der Waals surface area (Å²) in [5.41, 5.74) is 3.15. The molecule has 0 aliphatic carbocycles. The van der Waals surface area contributed by atoms with Crippen LogP contribution in [0.5, 0.6) is 0 Å². The lowest BCUT2D eigenvalue weighted by Gasteiger charge is -2.41. The lowest BCUT2D eigenvalue weighted by Crippen LogP contribution is -2.51. The second-order valence-corrected chi connectivity index (χ2v) is 8.40. The Morgan fingerprint density at radius 2 is 1.97 bits per heavy atom. The molecule has 0 unspecified atom stereocenters. The van der Waals surface area contributed by atoms with Crippen molar-refractivity contribution in [2.24, 2.45) is 0 Å². The van der Waals surface area contributed by atoms with Crippen molar-refractivity contribution < 1.29 is 4.39 Å². The zero-order valence-electron chi connectivity index (χ0n) is 17.1. The van der Waals surface area contributed by atoms with Crippen molar-refractivity contribution in [2.75, 3.05) is 18.4 Å². The topological polar surface area (TPSA) is 71.8 Å². The van der Waals surface area contributed by atoms with E-state index in [-0.39, 0.29) is 5.02 Å². The lowest BCUT2D eigenvalue weighted by molar-refractivity contribution is 0.0664. The maximum Gasteiger partial charge on any atom is 0.141 e. The van der Waals surface area contributed by atoms with Crippen molar-refractivity contribution in [1.82, 2.24) is 29.9 Å². The predicted molar refractivity (Wildman–Crippen MR) is 119 cm³/mol. The minimum atomic E-state index is -0.465. The van der Waals surface area contributed by atoms with Crippen LogP contribution in [0.15, 0.2) is 48.9 Å². The van der Waals surface area contributed by atoms with E-state index in [1.54, 1.807) is 6.07 Å². The fourth-order valence-corrected chi connectivity index (χ4v) is 3.87. The van der Waals surface area contributed by atoms with Gasteiger partial charge in [0.25, 0.3) is 0 Å². The lowest BCUT2D eigenvalue weighted by atomic mass is 10.1. The van der Waals surface area contributed by atoms with Crippen LogP contribution in [0.4, 0.5) is 15.9 Å². The second kappa shape index (κ2) is 7.86. The Kier molecular flexibility index (Phi) is 5.03. The van der Waals surface area contributed by atoms with Gasteiger partial charge in [0.15, 0.2) is 0 Å². The van der Waals surface area contributed by atoms with Gasteiger partial charge < -0.3 is 5.32 Å². The van der Waals surface area contributed by atoms with E-state index in [1.165, 1.54) is 18.5 Å². The van der Waals surface area contributed by atoms with Crippen LogP contribution in [-0.4, -0.2) is 49.0 Å². The van der Waals surface area contributed by atoms with Crippen LogP contribution in [0.3, 0.4) is 0 Å². The molecule has 1 N–H and O–H groups in total. The fraction of sp³-hybridized carbons (Fsp3) is 0.273. The van der Waals surface area contributed by atoms with E-state index in [0.717, 1.165) is 35.2 Å². The summed E-state index contributed by atoms with van der Waals surface area (Å²) in [6.45, 7) is 6.37. The first-order valence-electron chi connectivity index (χ1n) is 10.1. The Bertz CT molecular complexity index is 1250. The number of nitrogens with zero attached hydrogens (tertiary/aromatic N) is 6. The van der Waals surface area contributed by atoms with Crippen molar-refractivity contribution in [1.29, 1.82) is 0 Å². The largest absolute Gasteiger partial charge is 0.340 e. The Morgan fingerprint density at radius 3 is 2.74 bits per heavy atom. The highest BCUT2D eigenvalue weighted by atomic mass is 35.5. The van der Waals surface area contributed by atoms with E-state index in [2.05, 4.69) is 44.3 Å². The molecule has 4 aromatic rings.